The van der Waals surface area contributed by atoms with Crippen LogP contribution in [0.1, 0.15) is 25.3 Å². The Bertz CT molecular complexity index is 365. The van der Waals surface area contributed by atoms with E-state index in [4.69, 9.17) is 0 Å². The first-order valence-corrected chi connectivity index (χ1v) is 6.70. The average Bonchev–Trinajstić information content (AvgIpc) is 2.78. The minimum atomic E-state index is 0.671. The molecule has 3 heterocycles. The molecule has 0 bridgehead atoms. The largest absolute Gasteiger partial charge is 0.298 e. The topological polar surface area (TPSA) is 19.4 Å². The van der Waals surface area contributed by atoms with Crippen molar-refractivity contribution >= 4 is 0 Å². The maximum Gasteiger partial charge on any atom is 0.0312 e. The molecule has 0 saturated carbocycles. The summed E-state index contributed by atoms with van der Waals surface area (Å²) >= 11 is 0. The number of piperazine rings is 1. The van der Waals surface area contributed by atoms with Crippen molar-refractivity contribution in [3.05, 3.63) is 30.1 Å². The van der Waals surface area contributed by atoms with E-state index in [2.05, 4.69) is 27.8 Å². The molecule has 0 radical (unpaired) electrons. The van der Waals surface area contributed by atoms with Crippen LogP contribution in [0.4, 0.5) is 0 Å². The predicted molar refractivity (Wildman–Crippen MR) is 68.7 cm³/mol. The van der Waals surface area contributed by atoms with Crippen LogP contribution in [0.3, 0.4) is 0 Å². The summed E-state index contributed by atoms with van der Waals surface area (Å²) in [5.41, 5.74) is 1.34. The summed E-state index contributed by atoms with van der Waals surface area (Å²) in [5, 5.41) is 0. The van der Waals surface area contributed by atoms with Crippen molar-refractivity contribution in [3.63, 3.8) is 0 Å². The van der Waals surface area contributed by atoms with Crippen molar-refractivity contribution in [2.24, 2.45) is 0 Å². The highest BCUT2D eigenvalue weighted by Crippen LogP contribution is 2.25. The lowest BCUT2D eigenvalue weighted by atomic mass is 10.1. The van der Waals surface area contributed by atoms with Crippen LogP contribution in [0.25, 0.3) is 0 Å². The average molecular weight is 231 g/mol. The molecule has 2 aliphatic rings. The van der Waals surface area contributed by atoms with Crippen molar-refractivity contribution < 1.29 is 0 Å². The van der Waals surface area contributed by atoms with E-state index in [1.807, 2.05) is 18.5 Å². The van der Waals surface area contributed by atoms with Crippen molar-refractivity contribution in [2.75, 3.05) is 19.6 Å². The number of hydrogen-bond acceptors (Lipinski definition) is 3. The van der Waals surface area contributed by atoms with Crippen molar-refractivity contribution in [1.82, 2.24) is 14.8 Å². The molecule has 2 unspecified atom stereocenters. The molecule has 3 rings (SSSR count). The van der Waals surface area contributed by atoms with Crippen LogP contribution in [-0.2, 0) is 6.54 Å². The smallest absolute Gasteiger partial charge is 0.0312 e. The third-order valence-electron chi connectivity index (χ3n) is 4.17. The minimum Gasteiger partial charge on any atom is -0.298 e. The predicted octanol–water partition coefficient (Wildman–Crippen LogP) is 1.75. The van der Waals surface area contributed by atoms with E-state index in [1.165, 1.54) is 38.0 Å². The number of hydrogen-bond donors (Lipinski definition) is 0. The molecular formula is C14H21N3. The Morgan fingerprint density at radius 2 is 2.35 bits per heavy atom. The summed E-state index contributed by atoms with van der Waals surface area (Å²) in [7, 11) is 0. The van der Waals surface area contributed by atoms with Gasteiger partial charge in [-0.05, 0) is 37.9 Å². The molecule has 0 aromatic carbocycles. The third kappa shape index (κ3) is 2.35. The number of rotatable bonds is 2. The zero-order valence-electron chi connectivity index (χ0n) is 10.5. The lowest BCUT2D eigenvalue weighted by Crippen LogP contribution is -2.54. The molecule has 2 fully saturated rings. The molecule has 0 aliphatic carbocycles. The highest BCUT2D eigenvalue weighted by molar-refractivity contribution is 5.09. The second kappa shape index (κ2) is 4.75. The van der Waals surface area contributed by atoms with E-state index in [9.17, 15) is 0 Å². The lowest BCUT2D eigenvalue weighted by molar-refractivity contribution is 0.0540. The molecule has 0 spiro atoms. The Morgan fingerprint density at radius 3 is 3.18 bits per heavy atom. The van der Waals surface area contributed by atoms with Crippen LogP contribution in [0.2, 0.25) is 0 Å². The molecule has 2 saturated heterocycles. The van der Waals surface area contributed by atoms with Crippen LogP contribution in [0.5, 0.6) is 0 Å². The summed E-state index contributed by atoms with van der Waals surface area (Å²) in [6, 6.07) is 5.69. The zero-order chi connectivity index (χ0) is 11.7. The van der Waals surface area contributed by atoms with Gasteiger partial charge in [-0.15, -0.1) is 0 Å². The fourth-order valence-electron chi connectivity index (χ4n) is 3.19. The Hall–Kier alpha value is -0.930. The van der Waals surface area contributed by atoms with Crippen LogP contribution < -0.4 is 0 Å². The van der Waals surface area contributed by atoms with E-state index in [0.717, 1.165) is 12.6 Å². The van der Waals surface area contributed by atoms with Gasteiger partial charge in [0.2, 0.25) is 0 Å². The van der Waals surface area contributed by atoms with Crippen LogP contribution >= 0.6 is 0 Å². The Morgan fingerprint density at radius 1 is 1.41 bits per heavy atom. The first-order chi connectivity index (χ1) is 8.33. The fourth-order valence-corrected chi connectivity index (χ4v) is 3.19. The standard InChI is InChI=1S/C14H21N3/c1-12-9-16-7-3-5-14(16)11-17(12)10-13-4-2-6-15-8-13/h2,4,6,8,12,14H,3,5,7,9-11H2,1H3. The molecule has 3 nitrogen and oxygen atoms in total. The number of nitrogens with zero attached hydrogens (tertiary/aromatic N) is 3. The second-order valence-corrected chi connectivity index (χ2v) is 5.43. The Kier molecular flexibility index (Phi) is 3.12. The van der Waals surface area contributed by atoms with Gasteiger partial charge >= 0.3 is 0 Å². The van der Waals surface area contributed by atoms with Gasteiger partial charge in [-0.25, -0.2) is 0 Å². The monoisotopic (exact) mass is 231 g/mol. The third-order valence-corrected chi connectivity index (χ3v) is 4.17. The number of fused-ring (bicyclic) bond motifs is 1. The van der Waals surface area contributed by atoms with Gasteiger partial charge in [-0.1, -0.05) is 6.07 Å². The van der Waals surface area contributed by atoms with Gasteiger partial charge in [0.05, 0.1) is 0 Å². The second-order valence-electron chi connectivity index (χ2n) is 5.43. The molecule has 2 atom stereocenters. The quantitative estimate of drug-likeness (QED) is 0.773. The van der Waals surface area contributed by atoms with E-state index >= 15 is 0 Å². The maximum atomic E-state index is 4.20. The van der Waals surface area contributed by atoms with Crippen molar-refractivity contribution in [1.29, 1.82) is 0 Å². The highest BCUT2D eigenvalue weighted by Gasteiger charge is 2.34. The van der Waals surface area contributed by atoms with Crippen molar-refractivity contribution in [3.8, 4) is 0 Å². The van der Waals surface area contributed by atoms with Gasteiger partial charge in [0, 0.05) is 44.1 Å². The number of pyridine rings is 1. The summed E-state index contributed by atoms with van der Waals surface area (Å²) in [5.74, 6) is 0. The zero-order valence-corrected chi connectivity index (χ0v) is 10.5. The van der Waals surface area contributed by atoms with Gasteiger partial charge in [-0.2, -0.15) is 0 Å². The Balaban J connectivity index is 1.67. The van der Waals surface area contributed by atoms with E-state index in [1.54, 1.807) is 0 Å². The van der Waals surface area contributed by atoms with Gasteiger partial charge in [-0.3, -0.25) is 14.8 Å². The van der Waals surface area contributed by atoms with Crippen LogP contribution in [0, 0.1) is 0 Å². The van der Waals surface area contributed by atoms with Gasteiger partial charge in [0.25, 0.3) is 0 Å². The SMILES string of the molecule is CC1CN2CCCC2CN1Cc1cccnc1. The minimum absolute atomic E-state index is 0.671. The van der Waals surface area contributed by atoms with Crippen LogP contribution in [-0.4, -0.2) is 46.5 Å². The first kappa shape index (κ1) is 11.2. The molecule has 0 N–H and O–H groups in total. The maximum absolute atomic E-state index is 4.20. The summed E-state index contributed by atoms with van der Waals surface area (Å²) in [4.78, 5) is 9.49. The summed E-state index contributed by atoms with van der Waals surface area (Å²) < 4.78 is 0. The number of aromatic nitrogens is 1. The van der Waals surface area contributed by atoms with E-state index < -0.39 is 0 Å². The molecule has 1 aromatic heterocycles. The van der Waals surface area contributed by atoms with Gasteiger partial charge in [0.1, 0.15) is 0 Å². The molecule has 1 aromatic rings. The van der Waals surface area contributed by atoms with E-state index in [-0.39, 0.29) is 0 Å². The highest BCUT2D eigenvalue weighted by atomic mass is 15.3. The normalized spacial score (nSPS) is 30.4. The van der Waals surface area contributed by atoms with Gasteiger partial charge in [0.15, 0.2) is 0 Å². The lowest BCUT2D eigenvalue weighted by Gasteiger charge is -2.42. The Labute approximate surface area is 103 Å². The molecular weight excluding hydrogens is 210 g/mol. The van der Waals surface area contributed by atoms with Gasteiger partial charge < -0.3 is 0 Å². The molecule has 92 valence electrons. The summed E-state index contributed by atoms with van der Waals surface area (Å²) in [6.45, 7) is 7.20. The van der Waals surface area contributed by atoms with E-state index in [0.29, 0.717) is 6.04 Å². The fraction of sp³-hybridized carbons (Fsp3) is 0.643. The summed E-state index contributed by atoms with van der Waals surface area (Å²) in [6.07, 6.45) is 6.62. The first-order valence-electron chi connectivity index (χ1n) is 6.70. The van der Waals surface area contributed by atoms with Crippen LogP contribution in [0.15, 0.2) is 24.5 Å². The molecule has 17 heavy (non-hydrogen) atoms. The molecule has 0 amide bonds. The molecule has 2 aliphatic heterocycles. The van der Waals surface area contributed by atoms with Crippen molar-refractivity contribution in [2.45, 2.75) is 38.4 Å². The molecule has 3 heteroatoms.